The summed E-state index contributed by atoms with van der Waals surface area (Å²) in [5.74, 6) is 0.706. The summed E-state index contributed by atoms with van der Waals surface area (Å²) >= 11 is 4.08. The largest absolute Gasteiger partial charge is 0.207 e. The maximum atomic E-state index is 12.6. The van der Waals surface area contributed by atoms with Crippen molar-refractivity contribution in [2.45, 2.75) is 12.8 Å². The third kappa shape index (κ3) is 2.93. The van der Waals surface area contributed by atoms with E-state index >= 15 is 0 Å². The van der Waals surface area contributed by atoms with Crippen LogP contribution >= 0.6 is 12.6 Å². The molecule has 0 spiro atoms. The predicted molar refractivity (Wildman–Crippen MR) is 48.6 cm³/mol. The van der Waals surface area contributed by atoms with Crippen LogP contribution in [0.15, 0.2) is 24.3 Å². The van der Waals surface area contributed by atoms with Crippen molar-refractivity contribution in [2.24, 2.45) is 0 Å². The molecule has 0 saturated heterocycles. The lowest BCUT2D eigenvalue weighted by Gasteiger charge is -1.97. The van der Waals surface area contributed by atoms with Gasteiger partial charge in [0.25, 0.3) is 0 Å². The highest BCUT2D eigenvalue weighted by Crippen LogP contribution is 2.06. The summed E-state index contributed by atoms with van der Waals surface area (Å²) in [6.07, 6.45) is 1.92. The summed E-state index contributed by atoms with van der Waals surface area (Å²) < 4.78 is 12.6. The quantitative estimate of drug-likeness (QED) is 0.662. The van der Waals surface area contributed by atoms with Gasteiger partial charge < -0.3 is 0 Å². The van der Waals surface area contributed by atoms with Crippen LogP contribution in [-0.2, 0) is 6.42 Å². The van der Waals surface area contributed by atoms with Gasteiger partial charge in [-0.25, -0.2) is 4.39 Å². The van der Waals surface area contributed by atoms with Crippen LogP contribution in [0.2, 0.25) is 0 Å². The summed E-state index contributed by atoms with van der Waals surface area (Å²) in [6, 6.07) is 6.71. The van der Waals surface area contributed by atoms with Gasteiger partial charge in [-0.05, 0) is 36.3 Å². The second-order valence-corrected chi connectivity index (χ2v) is 2.90. The lowest BCUT2D eigenvalue weighted by atomic mass is 10.1. The van der Waals surface area contributed by atoms with E-state index in [9.17, 15) is 4.39 Å². The van der Waals surface area contributed by atoms with E-state index in [1.165, 1.54) is 6.07 Å². The van der Waals surface area contributed by atoms with Gasteiger partial charge in [-0.3, -0.25) is 0 Å². The molecule has 0 nitrogen and oxygen atoms in total. The molecule has 0 atom stereocenters. The smallest absolute Gasteiger partial charge is 0.123 e. The Morgan fingerprint density at radius 1 is 1.36 bits per heavy atom. The summed E-state index contributed by atoms with van der Waals surface area (Å²) in [5, 5.41) is 0. The van der Waals surface area contributed by atoms with Gasteiger partial charge in [0.1, 0.15) is 5.82 Å². The Balaban J connectivity index is 2.56. The highest BCUT2D eigenvalue weighted by Gasteiger charge is 1.93. The Bertz CT molecular complexity index is 223. The van der Waals surface area contributed by atoms with Crippen LogP contribution in [0.1, 0.15) is 12.0 Å². The fourth-order valence-corrected chi connectivity index (χ4v) is 1.13. The molecule has 0 radical (unpaired) electrons. The molecule has 60 valence electrons. The average molecular weight is 170 g/mol. The zero-order valence-electron chi connectivity index (χ0n) is 6.26. The lowest BCUT2D eigenvalue weighted by Crippen LogP contribution is -1.86. The molecule has 0 aromatic heterocycles. The van der Waals surface area contributed by atoms with Crippen molar-refractivity contribution in [3.05, 3.63) is 35.6 Å². The Hall–Kier alpha value is -0.500. The molecule has 0 bridgehead atoms. The maximum Gasteiger partial charge on any atom is 0.123 e. The molecule has 0 saturated carbocycles. The van der Waals surface area contributed by atoms with Crippen LogP contribution in [0.25, 0.3) is 0 Å². The number of hydrogen-bond donors (Lipinski definition) is 1. The molecule has 0 N–H and O–H groups in total. The van der Waals surface area contributed by atoms with E-state index in [1.807, 2.05) is 6.07 Å². The molecular formula is C9H11FS. The highest BCUT2D eigenvalue weighted by molar-refractivity contribution is 7.80. The second kappa shape index (κ2) is 4.39. The Labute approximate surface area is 71.8 Å². The van der Waals surface area contributed by atoms with Crippen LogP contribution in [-0.4, -0.2) is 5.75 Å². The molecule has 0 aliphatic heterocycles. The lowest BCUT2D eigenvalue weighted by molar-refractivity contribution is 0.625. The Kier molecular flexibility index (Phi) is 3.43. The normalized spacial score (nSPS) is 10.0. The molecule has 0 heterocycles. The van der Waals surface area contributed by atoms with Gasteiger partial charge >= 0.3 is 0 Å². The molecule has 0 fully saturated rings. The molecule has 11 heavy (non-hydrogen) atoms. The predicted octanol–water partition coefficient (Wildman–Crippen LogP) is 2.69. The van der Waals surface area contributed by atoms with Crippen molar-refractivity contribution in [3.63, 3.8) is 0 Å². The minimum atomic E-state index is -0.151. The zero-order valence-corrected chi connectivity index (χ0v) is 7.15. The topological polar surface area (TPSA) is 0 Å². The highest BCUT2D eigenvalue weighted by atomic mass is 32.1. The maximum absolute atomic E-state index is 12.6. The van der Waals surface area contributed by atoms with Crippen LogP contribution in [0, 0.1) is 5.82 Å². The van der Waals surface area contributed by atoms with E-state index in [0.29, 0.717) is 0 Å². The minimum Gasteiger partial charge on any atom is -0.207 e. The molecular weight excluding hydrogens is 159 g/mol. The zero-order chi connectivity index (χ0) is 8.10. The van der Waals surface area contributed by atoms with Crippen molar-refractivity contribution in [1.82, 2.24) is 0 Å². The molecule has 0 aliphatic carbocycles. The first-order chi connectivity index (χ1) is 5.33. The number of rotatable bonds is 3. The van der Waals surface area contributed by atoms with E-state index in [1.54, 1.807) is 12.1 Å². The van der Waals surface area contributed by atoms with Crippen molar-refractivity contribution >= 4 is 12.6 Å². The summed E-state index contributed by atoms with van der Waals surface area (Å²) in [6.45, 7) is 0. The number of halogens is 1. The van der Waals surface area contributed by atoms with Gasteiger partial charge in [-0.1, -0.05) is 12.1 Å². The average Bonchev–Trinajstić information content (AvgIpc) is 2.01. The fourth-order valence-electron chi connectivity index (χ4n) is 0.976. The van der Waals surface area contributed by atoms with Crippen LogP contribution in [0.4, 0.5) is 4.39 Å². The van der Waals surface area contributed by atoms with Crippen molar-refractivity contribution < 1.29 is 4.39 Å². The number of benzene rings is 1. The summed E-state index contributed by atoms with van der Waals surface area (Å²) in [7, 11) is 0. The van der Waals surface area contributed by atoms with Gasteiger partial charge in [-0.2, -0.15) is 12.6 Å². The van der Waals surface area contributed by atoms with E-state index in [-0.39, 0.29) is 5.82 Å². The second-order valence-electron chi connectivity index (χ2n) is 2.46. The van der Waals surface area contributed by atoms with Crippen LogP contribution in [0.5, 0.6) is 0 Å². The molecule has 2 heteroatoms. The van der Waals surface area contributed by atoms with Crippen molar-refractivity contribution in [3.8, 4) is 0 Å². The number of hydrogen-bond acceptors (Lipinski definition) is 1. The molecule has 1 aromatic carbocycles. The molecule has 0 amide bonds. The molecule has 0 unspecified atom stereocenters. The Morgan fingerprint density at radius 2 is 2.18 bits per heavy atom. The number of thiol groups is 1. The fraction of sp³-hybridized carbons (Fsp3) is 0.333. The van der Waals surface area contributed by atoms with E-state index in [4.69, 9.17) is 0 Å². The third-order valence-corrected chi connectivity index (χ3v) is 1.83. The van der Waals surface area contributed by atoms with Crippen molar-refractivity contribution in [2.75, 3.05) is 5.75 Å². The molecule has 1 rings (SSSR count). The van der Waals surface area contributed by atoms with E-state index in [0.717, 1.165) is 24.2 Å². The van der Waals surface area contributed by atoms with Gasteiger partial charge in [0, 0.05) is 0 Å². The van der Waals surface area contributed by atoms with Gasteiger partial charge in [0.2, 0.25) is 0 Å². The SMILES string of the molecule is Fc1cccc(CCCS)c1. The van der Waals surface area contributed by atoms with E-state index in [2.05, 4.69) is 12.6 Å². The first-order valence-electron chi connectivity index (χ1n) is 3.68. The van der Waals surface area contributed by atoms with Gasteiger partial charge in [-0.15, -0.1) is 0 Å². The van der Waals surface area contributed by atoms with Gasteiger partial charge in [0.15, 0.2) is 0 Å². The van der Waals surface area contributed by atoms with E-state index < -0.39 is 0 Å². The first kappa shape index (κ1) is 8.60. The summed E-state index contributed by atoms with van der Waals surface area (Å²) in [5.41, 5.74) is 1.05. The number of aryl methyl sites for hydroxylation is 1. The standard InChI is InChI=1S/C9H11FS/c10-9-5-1-3-8(7-9)4-2-6-11/h1,3,5,7,11H,2,4,6H2. The monoisotopic (exact) mass is 170 g/mol. The minimum absolute atomic E-state index is 0.151. The van der Waals surface area contributed by atoms with Gasteiger partial charge in [0.05, 0.1) is 0 Å². The molecule has 1 aromatic rings. The molecule has 0 aliphatic rings. The summed E-state index contributed by atoms with van der Waals surface area (Å²) in [4.78, 5) is 0. The van der Waals surface area contributed by atoms with Crippen LogP contribution < -0.4 is 0 Å². The Morgan fingerprint density at radius 3 is 2.82 bits per heavy atom. The van der Waals surface area contributed by atoms with Crippen molar-refractivity contribution in [1.29, 1.82) is 0 Å². The third-order valence-electron chi connectivity index (χ3n) is 1.51. The first-order valence-corrected chi connectivity index (χ1v) is 4.31. The van der Waals surface area contributed by atoms with Crippen LogP contribution in [0.3, 0.4) is 0 Å².